The average Bonchev–Trinajstić information content (AvgIpc) is 2.59. The number of rotatable bonds is 8. The van der Waals surface area contributed by atoms with E-state index in [1.54, 1.807) is 24.3 Å². The second-order valence-electron chi connectivity index (χ2n) is 6.81. The Morgan fingerprint density at radius 1 is 1.00 bits per heavy atom. The van der Waals surface area contributed by atoms with Crippen LogP contribution in [0.25, 0.3) is 0 Å². The van der Waals surface area contributed by atoms with Gasteiger partial charge in [0.2, 0.25) is 5.91 Å². The van der Waals surface area contributed by atoms with Gasteiger partial charge in [-0.3, -0.25) is 4.79 Å². The number of carbonyl (C=O) groups excluding carboxylic acids is 1. The summed E-state index contributed by atoms with van der Waals surface area (Å²) < 4.78 is 24.6. The molecule has 0 spiro atoms. The Labute approximate surface area is 156 Å². The lowest BCUT2D eigenvalue weighted by Crippen LogP contribution is -3.04. The Bertz CT molecular complexity index is 844. The van der Waals surface area contributed by atoms with Crippen molar-refractivity contribution in [2.24, 2.45) is 0 Å². The van der Waals surface area contributed by atoms with Gasteiger partial charge < -0.3 is 10.2 Å². The molecule has 6 heteroatoms. The third-order valence-electron chi connectivity index (χ3n) is 4.12. The Kier molecular flexibility index (Phi) is 6.94. The quantitative estimate of drug-likeness (QED) is 0.727. The van der Waals surface area contributed by atoms with Crippen molar-refractivity contribution in [1.29, 1.82) is 0 Å². The highest BCUT2D eigenvalue weighted by atomic mass is 32.2. The Hall–Kier alpha value is -2.18. The first-order valence-electron chi connectivity index (χ1n) is 8.70. The first-order chi connectivity index (χ1) is 12.3. The van der Waals surface area contributed by atoms with Gasteiger partial charge in [-0.05, 0) is 24.6 Å². The standard InChI is InChI=1S/C20H26N2O3S/c1-16-8-10-19(11-9-16)26(24,25)13-12-20(23)21-14-17-6-4-5-7-18(17)15-22(2)3/h4-11H,12-15H2,1-3H3,(H,21,23)/p+1. The molecular weight excluding hydrogens is 348 g/mol. The molecule has 0 atom stereocenters. The number of carbonyl (C=O) groups is 1. The van der Waals surface area contributed by atoms with Crippen LogP contribution in [-0.2, 0) is 27.7 Å². The first-order valence-corrected chi connectivity index (χ1v) is 10.3. The lowest BCUT2D eigenvalue weighted by atomic mass is 10.1. The molecule has 0 heterocycles. The molecule has 0 fully saturated rings. The summed E-state index contributed by atoms with van der Waals surface area (Å²) in [6.07, 6.45) is -0.0443. The van der Waals surface area contributed by atoms with Crippen LogP contribution in [0.2, 0.25) is 0 Å². The number of hydrogen-bond donors (Lipinski definition) is 2. The Morgan fingerprint density at radius 3 is 2.23 bits per heavy atom. The van der Waals surface area contributed by atoms with E-state index in [9.17, 15) is 13.2 Å². The minimum atomic E-state index is -3.44. The molecule has 0 unspecified atom stereocenters. The number of benzene rings is 2. The van der Waals surface area contributed by atoms with Crippen LogP contribution in [0.4, 0.5) is 0 Å². The molecule has 0 aliphatic carbocycles. The highest BCUT2D eigenvalue weighted by Crippen LogP contribution is 2.13. The molecular formula is C20H27N2O3S+. The maximum atomic E-state index is 12.3. The molecule has 0 aromatic heterocycles. The van der Waals surface area contributed by atoms with Gasteiger partial charge >= 0.3 is 0 Å². The van der Waals surface area contributed by atoms with Crippen molar-refractivity contribution < 1.29 is 18.1 Å². The predicted octanol–water partition coefficient (Wildman–Crippen LogP) is 1.12. The number of quaternary nitrogens is 1. The second-order valence-corrected chi connectivity index (χ2v) is 8.92. The molecule has 0 aliphatic heterocycles. The normalized spacial score (nSPS) is 11.5. The summed E-state index contributed by atoms with van der Waals surface area (Å²) >= 11 is 0. The van der Waals surface area contributed by atoms with E-state index < -0.39 is 9.84 Å². The van der Waals surface area contributed by atoms with Crippen molar-refractivity contribution in [2.45, 2.75) is 31.3 Å². The highest BCUT2D eigenvalue weighted by Gasteiger charge is 2.16. The largest absolute Gasteiger partial charge is 0.352 e. The zero-order valence-corrected chi connectivity index (χ0v) is 16.4. The molecule has 2 N–H and O–H groups in total. The Balaban J connectivity index is 1.91. The molecule has 2 aromatic rings. The number of amides is 1. The van der Waals surface area contributed by atoms with Gasteiger partial charge in [-0.2, -0.15) is 0 Å². The fraction of sp³-hybridized carbons (Fsp3) is 0.350. The van der Waals surface area contributed by atoms with Gasteiger partial charge in [-0.1, -0.05) is 42.0 Å². The van der Waals surface area contributed by atoms with E-state index in [1.807, 2.05) is 25.1 Å². The summed E-state index contributed by atoms with van der Waals surface area (Å²) in [4.78, 5) is 13.7. The molecule has 2 aromatic carbocycles. The summed E-state index contributed by atoms with van der Waals surface area (Å²) in [5.41, 5.74) is 3.24. The van der Waals surface area contributed by atoms with Gasteiger partial charge in [0.25, 0.3) is 0 Å². The van der Waals surface area contributed by atoms with E-state index in [0.29, 0.717) is 6.54 Å². The van der Waals surface area contributed by atoms with Gasteiger partial charge in [0.15, 0.2) is 9.84 Å². The lowest BCUT2D eigenvalue weighted by Gasteiger charge is -2.13. The van der Waals surface area contributed by atoms with E-state index in [0.717, 1.165) is 17.7 Å². The van der Waals surface area contributed by atoms with Crippen molar-refractivity contribution in [1.82, 2.24) is 5.32 Å². The fourth-order valence-electron chi connectivity index (χ4n) is 2.66. The monoisotopic (exact) mass is 375 g/mol. The topological polar surface area (TPSA) is 67.7 Å². The minimum Gasteiger partial charge on any atom is -0.352 e. The molecule has 26 heavy (non-hydrogen) atoms. The number of sulfone groups is 1. The van der Waals surface area contributed by atoms with Crippen molar-refractivity contribution >= 4 is 15.7 Å². The van der Waals surface area contributed by atoms with Crippen LogP contribution in [0.15, 0.2) is 53.4 Å². The Morgan fingerprint density at radius 2 is 1.62 bits per heavy atom. The minimum absolute atomic E-state index is 0.0443. The molecule has 5 nitrogen and oxygen atoms in total. The molecule has 0 aliphatic rings. The molecule has 0 saturated heterocycles. The van der Waals surface area contributed by atoms with Crippen molar-refractivity contribution in [3.63, 3.8) is 0 Å². The van der Waals surface area contributed by atoms with Gasteiger partial charge in [-0.15, -0.1) is 0 Å². The number of hydrogen-bond acceptors (Lipinski definition) is 3. The van der Waals surface area contributed by atoms with Gasteiger partial charge in [-0.25, -0.2) is 8.42 Å². The summed E-state index contributed by atoms with van der Waals surface area (Å²) in [7, 11) is 0.706. The van der Waals surface area contributed by atoms with Gasteiger partial charge in [0.05, 0.1) is 24.7 Å². The fourth-order valence-corrected chi connectivity index (χ4v) is 3.90. The van der Waals surface area contributed by atoms with Crippen LogP contribution in [-0.4, -0.2) is 34.2 Å². The summed E-state index contributed by atoms with van der Waals surface area (Å²) in [5.74, 6) is -0.446. The third-order valence-corrected chi connectivity index (χ3v) is 5.85. The van der Waals surface area contributed by atoms with Crippen molar-refractivity contribution in [3.8, 4) is 0 Å². The summed E-state index contributed by atoms with van der Waals surface area (Å²) in [5, 5.41) is 2.83. The SMILES string of the molecule is Cc1ccc(S(=O)(=O)CCC(=O)NCc2ccccc2C[NH+](C)C)cc1. The molecule has 0 bridgehead atoms. The van der Waals surface area contributed by atoms with Crippen LogP contribution in [0.1, 0.15) is 23.1 Å². The molecule has 1 amide bonds. The molecule has 0 radical (unpaired) electrons. The lowest BCUT2D eigenvalue weighted by molar-refractivity contribution is -0.872. The van der Waals surface area contributed by atoms with Gasteiger partial charge in [0, 0.05) is 18.5 Å². The average molecular weight is 376 g/mol. The van der Waals surface area contributed by atoms with E-state index in [4.69, 9.17) is 0 Å². The van der Waals surface area contributed by atoms with E-state index in [-0.39, 0.29) is 23.0 Å². The first kappa shape index (κ1) is 20.1. The van der Waals surface area contributed by atoms with Gasteiger partial charge in [0.1, 0.15) is 6.54 Å². The highest BCUT2D eigenvalue weighted by molar-refractivity contribution is 7.91. The van der Waals surface area contributed by atoms with Crippen LogP contribution in [0.3, 0.4) is 0 Å². The van der Waals surface area contributed by atoms with Crippen LogP contribution in [0, 0.1) is 6.92 Å². The van der Waals surface area contributed by atoms with E-state index in [2.05, 4.69) is 25.5 Å². The molecule has 0 saturated carbocycles. The van der Waals surface area contributed by atoms with Crippen LogP contribution in [0.5, 0.6) is 0 Å². The zero-order chi connectivity index (χ0) is 19.2. The number of aryl methyl sites for hydroxylation is 1. The zero-order valence-electron chi connectivity index (χ0n) is 15.6. The maximum absolute atomic E-state index is 12.3. The van der Waals surface area contributed by atoms with E-state index in [1.165, 1.54) is 10.5 Å². The maximum Gasteiger partial charge on any atom is 0.221 e. The third kappa shape index (κ3) is 5.97. The van der Waals surface area contributed by atoms with E-state index >= 15 is 0 Å². The van der Waals surface area contributed by atoms with Crippen molar-refractivity contribution in [3.05, 3.63) is 65.2 Å². The second kappa shape index (κ2) is 8.96. The smallest absolute Gasteiger partial charge is 0.221 e. The van der Waals surface area contributed by atoms with Crippen LogP contribution >= 0.6 is 0 Å². The summed E-state index contributed by atoms with van der Waals surface area (Å²) in [6, 6.07) is 14.7. The molecule has 140 valence electrons. The number of nitrogens with one attached hydrogen (secondary N) is 2. The predicted molar refractivity (Wildman–Crippen MR) is 103 cm³/mol. The van der Waals surface area contributed by atoms with Crippen LogP contribution < -0.4 is 10.2 Å². The molecule has 2 rings (SSSR count). The van der Waals surface area contributed by atoms with Crippen molar-refractivity contribution in [2.75, 3.05) is 19.8 Å². The summed E-state index contributed by atoms with van der Waals surface area (Å²) in [6.45, 7) is 3.18.